The van der Waals surface area contributed by atoms with Crippen molar-refractivity contribution in [3.63, 3.8) is 0 Å². The highest BCUT2D eigenvalue weighted by molar-refractivity contribution is 5.86. The molecule has 0 aromatic heterocycles. The minimum absolute atomic E-state index is 0.160. The predicted octanol–water partition coefficient (Wildman–Crippen LogP) is 3.46. The lowest BCUT2D eigenvalue weighted by Crippen LogP contribution is -2.49. The Hall–Kier alpha value is -2.17. The number of rotatable bonds is 7. The lowest BCUT2D eigenvalue weighted by Gasteiger charge is -2.26. The van der Waals surface area contributed by atoms with Gasteiger partial charge in [-0.2, -0.15) is 0 Å². The SMILES string of the molecule is CC(N)(C(=O)NCCCOC1CCCc2ccccc21)c1ccccc1. The van der Waals surface area contributed by atoms with Crippen molar-refractivity contribution in [2.75, 3.05) is 13.2 Å². The smallest absolute Gasteiger partial charge is 0.244 e. The van der Waals surface area contributed by atoms with Gasteiger partial charge in [-0.3, -0.25) is 4.79 Å². The van der Waals surface area contributed by atoms with E-state index in [0.717, 1.165) is 24.8 Å². The highest BCUT2D eigenvalue weighted by Gasteiger charge is 2.29. The maximum absolute atomic E-state index is 12.4. The fraction of sp³-hybridized carbons (Fsp3) is 0.409. The second-order valence-electron chi connectivity index (χ2n) is 7.13. The summed E-state index contributed by atoms with van der Waals surface area (Å²) >= 11 is 0. The summed E-state index contributed by atoms with van der Waals surface area (Å²) in [6, 6.07) is 18.0. The molecule has 1 aliphatic rings. The van der Waals surface area contributed by atoms with E-state index >= 15 is 0 Å². The lowest BCUT2D eigenvalue weighted by atomic mass is 9.89. The van der Waals surface area contributed by atoms with Crippen LogP contribution in [0.1, 0.15) is 49.0 Å². The Balaban J connectivity index is 1.43. The fourth-order valence-corrected chi connectivity index (χ4v) is 3.48. The number of nitrogens with two attached hydrogens (primary N) is 1. The van der Waals surface area contributed by atoms with Crippen LogP contribution in [-0.4, -0.2) is 19.1 Å². The van der Waals surface area contributed by atoms with Crippen LogP contribution < -0.4 is 11.1 Å². The minimum atomic E-state index is -1.02. The van der Waals surface area contributed by atoms with E-state index in [0.29, 0.717) is 13.2 Å². The van der Waals surface area contributed by atoms with E-state index in [-0.39, 0.29) is 12.0 Å². The molecule has 2 aromatic rings. The Labute approximate surface area is 155 Å². The van der Waals surface area contributed by atoms with Crippen molar-refractivity contribution in [3.05, 3.63) is 71.3 Å². The number of ether oxygens (including phenoxy) is 1. The number of carbonyl (C=O) groups excluding carboxylic acids is 1. The number of nitrogens with one attached hydrogen (secondary N) is 1. The molecule has 3 rings (SSSR count). The normalized spacial score (nSPS) is 18.6. The second kappa shape index (κ2) is 8.47. The molecule has 0 fully saturated rings. The number of carbonyl (C=O) groups is 1. The summed E-state index contributed by atoms with van der Waals surface area (Å²) in [5.41, 5.74) is 8.73. The zero-order chi connectivity index (χ0) is 18.4. The number of hydrogen-bond donors (Lipinski definition) is 2. The van der Waals surface area contributed by atoms with Crippen molar-refractivity contribution in [1.82, 2.24) is 5.32 Å². The summed E-state index contributed by atoms with van der Waals surface area (Å²) < 4.78 is 6.08. The maximum Gasteiger partial charge on any atom is 0.244 e. The molecule has 2 atom stereocenters. The van der Waals surface area contributed by atoms with Gasteiger partial charge in [-0.05, 0) is 49.3 Å². The summed E-state index contributed by atoms with van der Waals surface area (Å²) in [7, 11) is 0. The standard InChI is InChI=1S/C22H28N2O2/c1-22(23,18-11-3-2-4-12-18)21(25)24-15-8-16-26-20-14-7-10-17-9-5-6-13-19(17)20/h2-6,9,11-13,20H,7-8,10,14-16,23H2,1H3,(H,24,25). The third-order valence-electron chi connectivity index (χ3n) is 5.09. The Kier molecular flexibility index (Phi) is 6.07. The molecular formula is C22H28N2O2. The first-order valence-electron chi connectivity index (χ1n) is 9.41. The van der Waals surface area contributed by atoms with Gasteiger partial charge in [0.1, 0.15) is 5.54 Å². The fourth-order valence-electron chi connectivity index (χ4n) is 3.48. The molecule has 3 N–H and O–H groups in total. The topological polar surface area (TPSA) is 64.4 Å². The number of hydrogen-bond acceptors (Lipinski definition) is 3. The summed E-state index contributed by atoms with van der Waals surface area (Å²) in [5, 5.41) is 2.93. The summed E-state index contributed by atoms with van der Waals surface area (Å²) in [6.07, 6.45) is 4.33. The van der Waals surface area contributed by atoms with E-state index < -0.39 is 5.54 Å². The van der Waals surface area contributed by atoms with Crippen LogP contribution in [0.5, 0.6) is 0 Å². The molecule has 138 valence electrons. The minimum Gasteiger partial charge on any atom is -0.373 e. The van der Waals surface area contributed by atoms with Crippen LogP contribution in [0.2, 0.25) is 0 Å². The van der Waals surface area contributed by atoms with Gasteiger partial charge in [0.05, 0.1) is 6.10 Å². The van der Waals surface area contributed by atoms with Gasteiger partial charge in [0, 0.05) is 13.2 Å². The summed E-state index contributed by atoms with van der Waals surface area (Å²) in [5.74, 6) is -0.160. The van der Waals surface area contributed by atoms with Crippen molar-refractivity contribution in [3.8, 4) is 0 Å². The van der Waals surface area contributed by atoms with Crippen LogP contribution in [-0.2, 0) is 21.5 Å². The highest BCUT2D eigenvalue weighted by Crippen LogP contribution is 2.32. The molecule has 1 aliphatic carbocycles. The van der Waals surface area contributed by atoms with E-state index in [4.69, 9.17) is 10.5 Å². The van der Waals surface area contributed by atoms with Crippen LogP contribution in [0.4, 0.5) is 0 Å². The first kappa shape index (κ1) is 18.6. The van der Waals surface area contributed by atoms with Crippen molar-refractivity contribution in [2.24, 2.45) is 5.73 Å². The van der Waals surface area contributed by atoms with E-state index in [1.54, 1.807) is 6.92 Å². The molecule has 4 heteroatoms. The van der Waals surface area contributed by atoms with Crippen molar-refractivity contribution in [2.45, 2.75) is 44.2 Å². The first-order valence-corrected chi connectivity index (χ1v) is 9.41. The van der Waals surface area contributed by atoms with E-state index in [1.165, 1.54) is 17.5 Å². The lowest BCUT2D eigenvalue weighted by molar-refractivity contribution is -0.126. The average molecular weight is 352 g/mol. The van der Waals surface area contributed by atoms with Crippen LogP contribution in [0.15, 0.2) is 54.6 Å². The van der Waals surface area contributed by atoms with Crippen LogP contribution in [0.25, 0.3) is 0 Å². The van der Waals surface area contributed by atoms with Crippen LogP contribution in [0.3, 0.4) is 0 Å². The Bertz CT molecular complexity index is 728. The molecule has 4 nitrogen and oxygen atoms in total. The maximum atomic E-state index is 12.4. The molecule has 0 saturated carbocycles. The Morgan fingerprint density at radius 1 is 1.19 bits per heavy atom. The highest BCUT2D eigenvalue weighted by atomic mass is 16.5. The Morgan fingerprint density at radius 3 is 2.73 bits per heavy atom. The third kappa shape index (κ3) is 4.32. The molecule has 0 radical (unpaired) electrons. The number of benzene rings is 2. The van der Waals surface area contributed by atoms with Gasteiger partial charge in [0.15, 0.2) is 0 Å². The molecule has 0 saturated heterocycles. The zero-order valence-electron chi connectivity index (χ0n) is 15.4. The van der Waals surface area contributed by atoms with E-state index in [1.807, 2.05) is 30.3 Å². The number of amides is 1. The molecule has 26 heavy (non-hydrogen) atoms. The van der Waals surface area contributed by atoms with E-state index in [9.17, 15) is 4.79 Å². The molecule has 0 spiro atoms. The number of fused-ring (bicyclic) bond motifs is 1. The quantitative estimate of drug-likeness (QED) is 0.750. The van der Waals surface area contributed by atoms with Crippen LogP contribution in [0, 0.1) is 0 Å². The van der Waals surface area contributed by atoms with Crippen LogP contribution >= 0.6 is 0 Å². The molecule has 0 bridgehead atoms. The van der Waals surface area contributed by atoms with Gasteiger partial charge in [-0.1, -0.05) is 54.6 Å². The largest absolute Gasteiger partial charge is 0.373 e. The average Bonchev–Trinajstić information content (AvgIpc) is 2.68. The second-order valence-corrected chi connectivity index (χ2v) is 7.13. The molecule has 2 aromatic carbocycles. The molecule has 0 heterocycles. The summed E-state index contributed by atoms with van der Waals surface area (Å²) in [6.45, 7) is 2.94. The van der Waals surface area contributed by atoms with Gasteiger partial charge in [0.2, 0.25) is 5.91 Å². The molecule has 1 amide bonds. The van der Waals surface area contributed by atoms with Gasteiger partial charge >= 0.3 is 0 Å². The van der Waals surface area contributed by atoms with Gasteiger partial charge in [-0.25, -0.2) is 0 Å². The monoisotopic (exact) mass is 352 g/mol. The first-order chi connectivity index (χ1) is 12.6. The zero-order valence-corrected chi connectivity index (χ0v) is 15.4. The summed E-state index contributed by atoms with van der Waals surface area (Å²) in [4.78, 5) is 12.4. The van der Waals surface area contributed by atoms with E-state index in [2.05, 4.69) is 29.6 Å². The van der Waals surface area contributed by atoms with Crippen molar-refractivity contribution in [1.29, 1.82) is 0 Å². The van der Waals surface area contributed by atoms with Crippen molar-refractivity contribution >= 4 is 5.91 Å². The Morgan fingerprint density at radius 2 is 1.92 bits per heavy atom. The van der Waals surface area contributed by atoms with Gasteiger partial charge in [0.25, 0.3) is 0 Å². The number of aryl methyl sites for hydroxylation is 1. The molecule has 0 aliphatic heterocycles. The third-order valence-corrected chi connectivity index (χ3v) is 5.09. The van der Waals surface area contributed by atoms with Gasteiger partial charge < -0.3 is 15.8 Å². The molecule has 2 unspecified atom stereocenters. The predicted molar refractivity (Wildman–Crippen MR) is 104 cm³/mol. The molecular weight excluding hydrogens is 324 g/mol. The van der Waals surface area contributed by atoms with Gasteiger partial charge in [-0.15, -0.1) is 0 Å². The van der Waals surface area contributed by atoms with Crippen molar-refractivity contribution < 1.29 is 9.53 Å².